The van der Waals surface area contributed by atoms with E-state index < -0.39 is 0 Å². The monoisotopic (exact) mass is 153 g/mol. The van der Waals surface area contributed by atoms with Crippen LogP contribution in [-0.2, 0) is 0 Å². The summed E-state index contributed by atoms with van der Waals surface area (Å²) in [6, 6.07) is 0. The Hall–Kier alpha value is -0.300. The molecule has 0 aromatic heterocycles. The highest BCUT2D eigenvalue weighted by molar-refractivity contribution is 5.09. The summed E-state index contributed by atoms with van der Waals surface area (Å²) in [5.41, 5.74) is 7.07. The Balaban J connectivity index is 2.50. The number of hydrogen-bond acceptors (Lipinski definition) is 1. The van der Waals surface area contributed by atoms with Gasteiger partial charge in [-0.25, -0.2) is 0 Å². The summed E-state index contributed by atoms with van der Waals surface area (Å²) in [6.45, 7) is 5.38. The molecule has 1 aliphatic rings. The van der Waals surface area contributed by atoms with E-state index in [0.717, 1.165) is 11.8 Å². The molecule has 0 aromatic rings. The van der Waals surface area contributed by atoms with E-state index in [1.807, 2.05) is 0 Å². The van der Waals surface area contributed by atoms with Crippen molar-refractivity contribution in [2.45, 2.75) is 33.1 Å². The Morgan fingerprint density at radius 1 is 1.55 bits per heavy atom. The molecule has 2 atom stereocenters. The summed E-state index contributed by atoms with van der Waals surface area (Å²) < 4.78 is 0. The van der Waals surface area contributed by atoms with Gasteiger partial charge >= 0.3 is 0 Å². The number of hydrogen-bond donors (Lipinski definition) is 1. The molecule has 1 nitrogen and oxygen atoms in total. The zero-order chi connectivity index (χ0) is 8.27. The molecule has 1 aliphatic carbocycles. The molecule has 0 aliphatic heterocycles. The molecule has 0 amide bonds. The predicted octanol–water partition coefficient (Wildman–Crippen LogP) is 2.33. The second kappa shape index (κ2) is 3.91. The molecule has 0 aromatic carbocycles. The maximum atomic E-state index is 5.48. The Kier molecular flexibility index (Phi) is 3.13. The minimum atomic E-state index is 0.716. The normalized spacial score (nSPS) is 36.1. The minimum Gasteiger partial charge on any atom is -0.327 e. The molecule has 2 N–H and O–H groups in total. The van der Waals surface area contributed by atoms with Gasteiger partial charge in [0.1, 0.15) is 0 Å². The molecular formula is C10H19N. The van der Waals surface area contributed by atoms with Gasteiger partial charge in [-0.15, -0.1) is 0 Å². The third-order valence-electron chi connectivity index (χ3n) is 2.69. The zero-order valence-corrected chi connectivity index (χ0v) is 7.64. The van der Waals surface area contributed by atoms with Crippen molar-refractivity contribution in [3.8, 4) is 0 Å². The highest BCUT2D eigenvalue weighted by Gasteiger charge is 2.18. The molecular weight excluding hydrogens is 134 g/mol. The lowest BCUT2D eigenvalue weighted by molar-refractivity contribution is 0.370. The van der Waals surface area contributed by atoms with Crippen molar-refractivity contribution in [1.29, 1.82) is 0 Å². The van der Waals surface area contributed by atoms with Crippen LogP contribution in [0.25, 0.3) is 0 Å². The third kappa shape index (κ3) is 2.33. The zero-order valence-electron chi connectivity index (χ0n) is 7.64. The summed E-state index contributed by atoms with van der Waals surface area (Å²) in [5.74, 6) is 1.70. The lowest BCUT2D eigenvalue weighted by atomic mass is 9.79. The fourth-order valence-corrected chi connectivity index (χ4v) is 1.99. The minimum absolute atomic E-state index is 0.716. The van der Waals surface area contributed by atoms with Crippen molar-refractivity contribution in [1.82, 2.24) is 0 Å². The first kappa shape index (κ1) is 8.79. The van der Waals surface area contributed by atoms with Crippen LogP contribution in [0.2, 0.25) is 0 Å². The molecule has 1 rings (SSSR count). The SMILES string of the molecule is CC1CCC(=CCN)C(C)C1. The van der Waals surface area contributed by atoms with Gasteiger partial charge in [0.05, 0.1) is 0 Å². The van der Waals surface area contributed by atoms with Crippen molar-refractivity contribution < 1.29 is 0 Å². The topological polar surface area (TPSA) is 26.0 Å². The number of allylic oxidation sites excluding steroid dienone is 1. The van der Waals surface area contributed by atoms with Gasteiger partial charge < -0.3 is 5.73 Å². The van der Waals surface area contributed by atoms with Crippen LogP contribution >= 0.6 is 0 Å². The first-order valence-corrected chi connectivity index (χ1v) is 4.63. The van der Waals surface area contributed by atoms with E-state index in [1.54, 1.807) is 5.57 Å². The van der Waals surface area contributed by atoms with Crippen LogP contribution in [-0.4, -0.2) is 6.54 Å². The third-order valence-corrected chi connectivity index (χ3v) is 2.69. The van der Waals surface area contributed by atoms with Crippen molar-refractivity contribution in [3.05, 3.63) is 11.6 Å². The Morgan fingerprint density at radius 2 is 2.27 bits per heavy atom. The first-order valence-electron chi connectivity index (χ1n) is 4.63. The van der Waals surface area contributed by atoms with E-state index in [0.29, 0.717) is 6.54 Å². The smallest absolute Gasteiger partial charge is 0.0109 e. The second-order valence-electron chi connectivity index (χ2n) is 3.80. The fraction of sp³-hybridized carbons (Fsp3) is 0.800. The molecule has 0 spiro atoms. The summed E-state index contributed by atoms with van der Waals surface area (Å²) in [4.78, 5) is 0. The van der Waals surface area contributed by atoms with Crippen LogP contribution in [0.3, 0.4) is 0 Å². The van der Waals surface area contributed by atoms with Crippen molar-refractivity contribution in [2.24, 2.45) is 17.6 Å². The Labute approximate surface area is 69.7 Å². The van der Waals surface area contributed by atoms with Gasteiger partial charge in [-0.1, -0.05) is 25.5 Å². The average molecular weight is 153 g/mol. The van der Waals surface area contributed by atoms with Gasteiger partial charge in [0.2, 0.25) is 0 Å². The van der Waals surface area contributed by atoms with Crippen LogP contribution in [0.4, 0.5) is 0 Å². The maximum absolute atomic E-state index is 5.48. The molecule has 1 saturated carbocycles. The summed E-state index contributed by atoms with van der Waals surface area (Å²) in [5, 5.41) is 0. The molecule has 0 bridgehead atoms. The van der Waals surface area contributed by atoms with Gasteiger partial charge in [0, 0.05) is 6.54 Å². The highest BCUT2D eigenvalue weighted by atomic mass is 14.5. The van der Waals surface area contributed by atoms with Crippen LogP contribution in [0.5, 0.6) is 0 Å². The molecule has 1 heteroatoms. The number of nitrogens with two attached hydrogens (primary N) is 1. The highest BCUT2D eigenvalue weighted by Crippen LogP contribution is 2.32. The maximum Gasteiger partial charge on any atom is 0.0109 e. The van der Waals surface area contributed by atoms with Crippen LogP contribution in [0, 0.1) is 11.8 Å². The molecule has 0 heterocycles. The number of rotatable bonds is 1. The van der Waals surface area contributed by atoms with E-state index in [9.17, 15) is 0 Å². The quantitative estimate of drug-likeness (QED) is 0.575. The van der Waals surface area contributed by atoms with Gasteiger partial charge in [0.25, 0.3) is 0 Å². The van der Waals surface area contributed by atoms with E-state index in [2.05, 4.69) is 19.9 Å². The Bertz CT molecular complexity index is 149. The summed E-state index contributed by atoms with van der Waals surface area (Å²) in [7, 11) is 0. The van der Waals surface area contributed by atoms with Crippen LogP contribution in [0.1, 0.15) is 33.1 Å². The van der Waals surface area contributed by atoms with Gasteiger partial charge in [0.15, 0.2) is 0 Å². The molecule has 11 heavy (non-hydrogen) atoms. The van der Waals surface area contributed by atoms with Gasteiger partial charge in [-0.05, 0) is 31.1 Å². The summed E-state index contributed by atoms with van der Waals surface area (Å²) >= 11 is 0. The van der Waals surface area contributed by atoms with Crippen molar-refractivity contribution >= 4 is 0 Å². The average Bonchev–Trinajstić information content (AvgIpc) is 1.95. The predicted molar refractivity (Wildman–Crippen MR) is 49.3 cm³/mol. The lowest BCUT2D eigenvalue weighted by Crippen LogP contribution is -2.14. The van der Waals surface area contributed by atoms with Gasteiger partial charge in [-0.2, -0.15) is 0 Å². The van der Waals surface area contributed by atoms with Crippen molar-refractivity contribution in [2.75, 3.05) is 6.54 Å². The van der Waals surface area contributed by atoms with Crippen molar-refractivity contribution in [3.63, 3.8) is 0 Å². The first-order chi connectivity index (χ1) is 5.24. The lowest BCUT2D eigenvalue weighted by Gasteiger charge is -2.26. The van der Waals surface area contributed by atoms with E-state index in [-0.39, 0.29) is 0 Å². The largest absolute Gasteiger partial charge is 0.327 e. The van der Waals surface area contributed by atoms with Crippen LogP contribution in [0.15, 0.2) is 11.6 Å². The molecule has 2 unspecified atom stereocenters. The second-order valence-corrected chi connectivity index (χ2v) is 3.80. The fourth-order valence-electron chi connectivity index (χ4n) is 1.99. The van der Waals surface area contributed by atoms with E-state index >= 15 is 0 Å². The summed E-state index contributed by atoms with van der Waals surface area (Å²) in [6.07, 6.45) is 6.19. The Morgan fingerprint density at radius 3 is 2.82 bits per heavy atom. The molecule has 1 fully saturated rings. The molecule has 0 radical (unpaired) electrons. The van der Waals surface area contributed by atoms with Crippen LogP contribution < -0.4 is 5.73 Å². The van der Waals surface area contributed by atoms with Gasteiger partial charge in [-0.3, -0.25) is 0 Å². The van der Waals surface area contributed by atoms with E-state index in [4.69, 9.17) is 5.73 Å². The van der Waals surface area contributed by atoms with E-state index in [1.165, 1.54) is 19.3 Å². The standard InChI is InChI=1S/C10H19N/c1-8-3-4-10(5-6-11)9(2)7-8/h5,8-9H,3-4,6-7,11H2,1-2H3. The molecule has 0 saturated heterocycles. The molecule has 64 valence electrons.